The minimum absolute atomic E-state index is 0.341. The minimum atomic E-state index is 0.341. The fourth-order valence-electron chi connectivity index (χ4n) is 1.02. The van der Waals surface area contributed by atoms with Gasteiger partial charge in [0.05, 0.1) is 12.7 Å². The number of hydrogen-bond donors (Lipinski definition) is 1. The lowest BCUT2D eigenvalue weighted by molar-refractivity contribution is 0.0655. The molecule has 13 heavy (non-hydrogen) atoms. The molecule has 2 nitrogen and oxygen atoms in total. The van der Waals surface area contributed by atoms with Gasteiger partial charge >= 0.3 is 0 Å². The Bertz CT molecular complexity index is 109. The van der Waals surface area contributed by atoms with Gasteiger partial charge in [-0.2, -0.15) is 11.8 Å². The highest BCUT2D eigenvalue weighted by molar-refractivity contribution is 7.98. The molecule has 0 saturated carbocycles. The van der Waals surface area contributed by atoms with Crippen LogP contribution in [0.2, 0.25) is 0 Å². The van der Waals surface area contributed by atoms with Crippen molar-refractivity contribution < 1.29 is 4.74 Å². The van der Waals surface area contributed by atoms with E-state index in [1.165, 1.54) is 6.42 Å². The molecule has 0 aliphatic carbocycles. The Balaban J connectivity index is 3.53. The van der Waals surface area contributed by atoms with E-state index < -0.39 is 0 Å². The molecule has 0 aromatic heterocycles. The summed E-state index contributed by atoms with van der Waals surface area (Å²) in [7, 11) is 0. The third-order valence-corrected chi connectivity index (χ3v) is 2.42. The van der Waals surface area contributed by atoms with Gasteiger partial charge in [0.25, 0.3) is 0 Å². The van der Waals surface area contributed by atoms with Crippen molar-refractivity contribution in [1.82, 2.24) is 5.32 Å². The Kier molecular flexibility index (Phi) is 9.03. The Labute approximate surface area is 86.8 Å². The van der Waals surface area contributed by atoms with Crippen LogP contribution >= 0.6 is 11.8 Å². The molecule has 0 aromatic rings. The second-order valence-electron chi connectivity index (χ2n) is 3.49. The maximum Gasteiger partial charge on any atom is 0.0631 e. The van der Waals surface area contributed by atoms with Gasteiger partial charge in [-0.25, -0.2) is 0 Å². The Morgan fingerprint density at radius 1 is 1.38 bits per heavy atom. The molecule has 0 aromatic carbocycles. The van der Waals surface area contributed by atoms with Gasteiger partial charge in [-0.05, 0) is 33.1 Å². The largest absolute Gasteiger partial charge is 0.377 e. The molecule has 0 aliphatic rings. The van der Waals surface area contributed by atoms with E-state index in [1.807, 2.05) is 11.8 Å². The molecule has 1 atom stereocenters. The van der Waals surface area contributed by atoms with E-state index >= 15 is 0 Å². The maximum atomic E-state index is 5.58. The molecule has 1 unspecified atom stereocenters. The van der Waals surface area contributed by atoms with Crippen molar-refractivity contribution in [2.24, 2.45) is 0 Å². The SMILES string of the molecule is CCCNC(COC(C)C)CSC. The van der Waals surface area contributed by atoms with E-state index in [1.54, 1.807) is 0 Å². The molecule has 1 N–H and O–H groups in total. The van der Waals surface area contributed by atoms with E-state index in [-0.39, 0.29) is 0 Å². The van der Waals surface area contributed by atoms with Crippen LogP contribution in [0.4, 0.5) is 0 Å². The summed E-state index contributed by atoms with van der Waals surface area (Å²) >= 11 is 1.87. The van der Waals surface area contributed by atoms with Crippen LogP contribution in [0.5, 0.6) is 0 Å². The molecule has 0 rings (SSSR count). The van der Waals surface area contributed by atoms with Crippen molar-refractivity contribution in [2.75, 3.05) is 25.2 Å². The topological polar surface area (TPSA) is 21.3 Å². The maximum absolute atomic E-state index is 5.58. The van der Waals surface area contributed by atoms with Gasteiger partial charge in [-0.3, -0.25) is 0 Å². The van der Waals surface area contributed by atoms with Crippen LogP contribution in [0, 0.1) is 0 Å². The number of hydrogen-bond acceptors (Lipinski definition) is 3. The van der Waals surface area contributed by atoms with E-state index in [4.69, 9.17) is 4.74 Å². The minimum Gasteiger partial charge on any atom is -0.377 e. The predicted molar refractivity (Wildman–Crippen MR) is 61.6 cm³/mol. The summed E-state index contributed by atoms with van der Waals surface area (Å²) in [5, 5.41) is 3.48. The first kappa shape index (κ1) is 13.3. The highest BCUT2D eigenvalue weighted by Gasteiger charge is 2.07. The van der Waals surface area contributed by atoms with Crippen molar-refractivity contribution in [1.29, 1.82) is 0 Å². The summed E-state index contributed by atoms with van der Waals surface area (Å²) in [6.07, 6.45) is 3.66. The first-order valence-electron chi connectivity index (χ1n) is 5.04. The molecule has 0 bridgehead atoms. The van der Waals surface area contributed by atoms with Gasteiger partial charge in [-0.15, -0.1) is 0 Å². The zero-order valence-corrected chi connectivity index (χ0v) is 10.1. The molecule has 0 spiro atoms. The Morgan fingerprint density at radius 3 is 2.54 bits per heavy atom. The van der Waals surface area contributed by atoms with Crippen molar-refractivity contribution in [3.8, 4) is 0 Å². The van der Waals surface area contributed by atoms with Crippen molar-refractivity contribution in [3.05, 3.63) is 0 Å². The Morgan fingerprint density at radius 2 is 2.08 bits per heavy atom. The summed E-state index contributed by atoms with van der Waals surface area (Å²) in [6, 6.07) is 0.511. The summed E-state index contributed by atoms with van der Waals surface area (Å²) in [5.41, 5.74) is 0. The molecule has 0 fully saturated rings. The highest BCUT2D eigenvalue weighted by atomic mass is 32.2. The molecular formula is C10H23NOS. The second kappa shape index (κ2) is 8.85. The lowest BCUT2D eigenvalue weighted by Gasteiger charge is -2.18. The standard InChI is InChI=1S/C10H23NOS/c1-5-6-11-10(8-13-4)7-12-9(2)3/h9-11H,5-8H2,1-4H3. The average molecular weight is 205 g/mol. The molecule has 3 heteroatoms. The number of rotatable bonds is 8. The summed E-state index contributed by atoms with van der Waals surface area (Å²) in [4.78, 5) is 0. The van der Waals surface area contributed by atoms with Crippen molar-refractivity contribution in [3.63, 3.8) is 0 Å². The van der Waals surface area contributed by atoms with Crippen molar-refractivity contribution >= 4 is 11.8 Å². The highest BCUT2D eigenvalue weighted by Crippen LogP contribution is 2.00. The molecule has 0 aliphatic heterocycles. The number of ether oxygens (including phenoxy) is 1. The third kappa shape index (κ3) is 8.60. The zero-order valence-electron chi connectivity index (χ0n) is 9.30. The Hall–Kier alpha value is 0.270. The molecule has 0 radical (unpaired) electrons. The molecule has 0 heterocycles. The van der Waals surface area contributed by atoms with Gasteiger partial charge in [0.1, 0.15) is 0 Å². The number of thioether (sulfide) groups is 1. The molecule has 80 valence electrons. The summed E-state index contributed by atoms with van der Waals surface area (Å²) in [5.74, 6) is 1.13. The monoisotopic (exact) mass is 205 g/mol. The van der Waals surface area contributed by atoms with Gasteiger partial charge in [0.2, 0.25) is 0 Å². The van der Waals surface area contributed by atoms with Gasteiger partial charge in [0.15, 0.2) is 0 Å². The summed E-state index contributed by atoms with van der Waals surface area (Å²) < 4.78 is 5.58. The normalized spacial score (nSPS) is 13.6. The van der Waals surface area contributed by atoms with Crippen LogP contribution in [-0.4, -0.2) is 37.3 Å². The van der Waals surface area contributed by atoms with Crippen LogP contribution in [0.1, 0.15) is 27.2 Å². The molecule has 0 amide bonds. The quantitative estimate of drug-likeness (QED) is 0.656. The fourth-order valence-corrected chi connectivity index (χ4v) is 1.64. The van der Waals surface area contributed by atoms with E-state index in [9.17, 15) is 0 Å². The van der Waals surface area contributed by atoms with Crippen LogP contribution in [-0.2, 0) is 4.74 Å². The van der Waals surface area contributed by atoms with E-state index in [0.29, 0.717) is 12.1 Å². The van der Waals surface area contributed by atoms with Crippen molar-refractivity contribution in [2.45, 2.75) is 39.3 Å². The first-order chi connectivity index (χ1) is 6.20. The lowest BCUT2D eigenvalue weighted by Crippen LogP contribution is -2.36. The van der Waals surface area contributed by atoms with Crippen LogP contribution in [0.3, 0.4) is 0 Å². The van der Waals surface area contributed by atoms with E-state index in [2.05, 4.69) is 32.3 Å². The lowest BCUT2D eigenvalue weighted by atomic mass is 10.3. The van der Waals surface area contributed by atoms with Crippen LogP contribution < -0.4 is 5.32 Å². The predicted octanol–water partition coefficient (Wildman–Crippen LogP) is 2.14. The van der Waals surface area contributed by atoms with Gasteiger partial charge in [-0.1, -0.05) is 6.92 Å². The molecule has 0 saturated heterocycles. The number of nitrogens with one attached hydrogen (secondary N) is 1. The third-order valence-electron chi connectivity index (χ3n) is 1.68. The average Bonchev–Trinajstić information content (AvgIpc) is 2.09. The van der Waals surface area contributed by atoms with Gasteiger partial charge in [0, 0.05) is 11.8 Å². The zero-order chi connectivity index (χ0) is 10.1. The van der Waals surface area contributed by atoms with Crippen LogP contribution in [0.15, 0.2) is 0 Å². The second-order valence-corrected chi connectivity index (χ2v) is 4.40. The van der Waals surface area contributed by atoms with Gasteiger partial charge < -0.3 is 10.1 Å². The smallest absolute Gasteiger partial charge is 0.0631 e. The molecular weight excluding hydrogens is 182 g/mol. The fraction of sp³-hybridized carbons (Fsp3) is 1.00. The van der Waals surface area contributed by atoms with Crippen LogP contribution in [0.25, 0.3) is 0 Å². The summed E-state index contributed by atoms with van der Waals surface area (Å²) in [6.45, 7) is 8.27. The first-order valence-corrected chi connectivity index (χ1v) is 6.44. The van der Waals surface area contributed by atoms with E-state index in [0.717, 1.165) is 18.9 Å².